The van der Waals surface area contributed by atoms with Gasteiger partial charge < -0.3 is 21.4 Å². The van der Waals surface area contributed by atoms with E-state index in [0.717, 1.165) is 54.4 Å². The van der Waals surface area contributed by atoms with Crippen LogP contribution in [0.15, 0.2) is 48.8 Å². The lowest BCUT2D eigenvalue weighted by molar-refractivity contribution is -0.129. The molecule has 0 saturated heterocycles. The summed E-state index contributed by atoms with van der Waals surface area (Å²) in [7, 11) is 0. The summed E-state index contributed by atoms with van der Waals surface area (Å²) in [6.07, 6.45) is 8.88. The van der Waals surface area contributed by atoms with E-state index >= 15 is 0 Å². The Kier molecular flexibility index (Phi) is 7.55. The maximum absolute atomic E-state index is 13.8. The number of hydrogen-bond donors (Lipinski definition) is 4. The van der Waals surface area contributed by atoms with E-state index in [2.05, 4.69) is 72.6 Å². The number of anilines is 1. The Morgan fingerprint density at radius 3 is 2.54 bits per heavy atom. The molecule has 4 unspecified atom stereocenters. The van der Waals surface area contributed by atoms with E-state index in [1.807, 2.05) is 18.3 Å². The van der Waals surface area contributed by atoms with Crippen molar-refractivity contribution in [3.63, 3.8) is 0 Å². The van der Waals surface area contributed by atoms with Crippen molar-refractivity contribution in [2.24, 2.45) is 28.9 Å². The SMILES string of the molecule is Cc1ccc(C2(C(=O)NCC(N)C3CC(CC(C)C)CC(C)(C(=O)Nc4ccnc5[nH]ccc45)C3)CC2)cc1. The van der Waals surface area contributed by atoms with Crippen LogP contribution in [-0.2, 0) is 15.0 Å². The Labute approximate surface area is 231 Å². The predicted octanol–water partition coefficient (Wildman–Crippen LogP) is 5.45. The molecule has 2 heterocycles. The maximum Gasteiger partial charge on any atom is 0.230 e. The van der Waals surface area contributed by atoms with E-state index < -0.39 is 10.8 Å². The lowest BCUT2D eigenvalue weighted by Gasteiger charge is -2.44. The van der Waals surface area contributed by atoms with Gasteiger partial charge in [0, 0.05) is 35.8 Å². The smallest absolute Gasteiger partial charge is 0.230 e. The van der Waals surface area contributed by atoms with Gasteiger partial charge in [0.25, 0.3) is 0 Å². The molecule has 2 aliphatic rings. The summed E-state index contributed by atoms with van der Waals surface area (Å²) in [5.41, 5.74) is 9.64. The summed E-state index contributed by atoms with van der Waals surface area (Å²) in [6.45, 7) is 9.05. The molecule has 5 N–H and O–H groups in total. The number of amides is 2. The van der Waals surface area contributed by atoms with Gasteiger partial charge in [0.1, 0.15) is 5.65 Å². The first-order valence-corrected chi connectivity index (χ1v) is 14.4. The molecule has 0 spiro atoms. The molecule has 2 amide bonds. The van der Waals surface area contributed by atoms with Crippen LogP contribution in [0.3, 0.4) is 0 Å². The number of carbonyl (C=O) groups excluding carboxylic acids is 2. The van der Waals surface area contributed by atoms with Gasteiger partial charge in [0.05, 0.1) is 11.1 Å². The molecule has 2 aliphatic carbocycles. The molecule has 0 radical (unpaired) electrons. The minimum absolute atomic E-state index is 0.0298. The first-order valence-electron chi connectivity index (χ1n) is 14.4. The number of nitrogens with two attached hydrogens (primary N) is 1. The van der Waals surface area contributed by atoms with Crippen LogP contribution < -0.4 is 16.4 Å². The zero-order valence-corrected chi connectivity index (χ0v) is 23.7. The monoisotopic (exact) mass is 529 g/mol. The minimum atomic E-state index is -0.546. The molecular formula is C32H43N5O2. The largest absolute Gasteiger partial charge is 0.354 e. The number of carbonyl (C=O) groups is 2. The van der Waals surface area contributed by atoms with Crippen molar-refractivity contribution in [1.29, 1.82) is 0 Å². The fraction of sp³-hybridized carbons (Fsp3) is 0.531. The van der Waals surface area contributed by atoms with Crippen molar-refractivity contribution in [3.8, 4) is 0 Å². The Morgan fingerprint density at radius 2 is 1.85 bits per heavy atom. The van der Waals surface area contributed by atoms with Gasteiger partial charge in [-0.15, -0.1) is 0 Å². The van der Waals surface area contributed by atoms with Crippen LogP contribution >= 0.6 is 0 Å². The molecule has 2 fully saturated rings. The van der Waals surface area contributed by atoms with Gasteiger partial charge in [0.15, 0.2) is 0 Å². The van der Waals surface area contributed by atoms with Gasteiger partial charge in [-0.05, 0) is 80.9 Å². The third kappa shape index (κ3) is 5.74. The molecule has 1 aromatic carbocycles. The van der Waals surface area contributed by atoms with Gasteiger partial charge in [-0.25, -0.2) is 4.98 Å². The van der Waals surface area contributed by atoms with E-state index in [4.69, 9.17) is 5.73 Å². The van der Waals surface area contributed by atoms with Gasteiger partial charge >= 0.3 is 0 Å². The second kappa shape index (κ2) is 10.8. The summed E-state index contributed by atoms with van der Waals surface area (Å²) in [4.78, 5) is 34.5. The van der Waals surface area contributed by atoms with Crippen LogP contribution in [0.2, 0.25) is 0 Å². The Balaban J connectivity index is 1.27. The first kappa shape index (κ1) is 27.4. The molecule has 4 atom stereocenters. The minimum Gasteiger partial charge on any atom is -0.354 e. The predicted molar refractivity (Wildman–Crippen MR) is 156 cm³/mol. The van der Waals surface area contributed by atoms with Crippen molar-refractivity contribution in [2.45, 2.75) is 77.7 Å². The fourth-order valence-electron chi connectivity index (χ4n) is 6.79. The first-order chi connectivity index (χ1) is 18.6. The highest BCUT2D eigenvalue weighted by molar-refractivity contribution is 6.02. The highest BCUT2D eigenvalue weighted by atomic mass is 16.2. The topological polar surface area (TPSA) is 113 Å². The van der Waals surface area contributed by atoms with Crippen LogP contribution in [-0.4, -0.2) is 34.4 Å². The molecule has 2 aromatic heterocycles. The average Bonchev–Trinajstić information content (AvgIpc) is 3.56. The summed E-state index contributed by atoms with van der Waals surface area (Å²) in [5, 5.41) is 7.30. The molecule has 5 rings (SSSR count). The van der Waals surface area contributed by atoms with Gasteiger partial charge in [-0.1, -0.05) is 50.6 Å². The normalized spacial score (nSPS) is 24.9. The molecule has 208 valence electrons. The third-order valence-corrected chi connectivity index (χ3v) is 9.04. The van der Waals surface area contributed by atoms with Crippen molar-refractivity contribution < 1.29 is 9.59 Å². The van der Waals surface area contributed by atoms with Crippen LogP contribution in [0.4, 0.5) is 5.69 Å². The van der Waals surface area contributed by atoms with E-state index in [1.165, 1.54) is 5.56 Å². The van der Waals surface area contributed by atoms with Crippen LogP contribution in [0.5, 0.6) is 0 Å². The summed E-state index contributed by atoms with van der Waals surface area (Å²) >= 11 is 0. The molecule has 7 heteroatoms. The summed E-state index contributed by atoms with van der Waals surface area (Å²) in [6, 6.07) is 11.9. The molecule has 0 aliphatic heterocycles. The standard InChI is InChI=1S/C32H43N5O2/c1-20(2)15-22-16-23(26(33)19-36-30(39)32(11-12-32)24-7-5-21(3)6-8-24)18-31(4,17-22)29(38)37-27-10-14-35-28-25(27)9-13-34-28/h5-10,13-14,20,22-23,26H,11-12,15-19,33H2,1-4H3,(H,36,39)(H2,34,35,37,38). The second-order valence-corrected chi connectivity index (χ2v) is 12.8. The van der Waals surface area contributed by atoms with Gasteiger partial charge in [-0.2, -0.15) is 0 Å². The number of benzene rings is 1. The zero-order chi connectivity index (χ0) is 27.8. The average molecular weight is 530 g/mol. The lowest BCUT2D eigenvalue weighted by atomic mass is 9.63. The number of H-pyrrole nitrogens is 1. The Hall–Kier alpha value is -3.19. The van der Waals surface area contributed by atoms with Gasteiger partial charge in [-0.3, -0.25) is 9.59 Å². The molecule has 39 heavy (non-hydrogen) atoms. The summed E-state index contributed by atoms with van der Waals surface area (Å²) < 4.78 is 0. The van der Waals surface area contributed by atoms with Gasteiger partial charge in [0.2, 0.25) is 11.8 Å². The van der Waals surface area contributed by atoms with E-state index in [1.54, 1.807) is 6.20 Å². The number of hydrogen-bond acceptors (Lipinski definition) is 4. The van der Waals surface area contributed by atoms with E-state index in [0.29, 0.717) is 24.8 Å². The van der Waals surface area contributed by atoms with Crippen molar-refractivity contribution >= 4 is 28.5 Å². The summed E-state index contributed by atoms with van der Waals surface area (Å²) in [5.74, 6) is 1.21. The molecular weight excluding hydrogens is 486 g/mol. The van der Waals surface area contributed by atoms with Crippen molar-refractivity contribution in [2.75, 3.05) is 11.9 Å². The molecule has 0 bridgehead atoms. The van der Waals surface area contributed by atoms with E-state index in [-0.39, 0.29) is 23.8 Å². The van der Waals surface area contributed by atoms with E-state index in [9.17, 15) is 9.59 Å². The third-order valence-electron chi connectivity index (χ3n) is 9.04. The zero-order valence-electron chi connectivity index (χ0n) is 23.7. The number of nitrogens with zero attached hydrogens (tertiary/aromatic N) is 1. The van der Waals surface area contributed by atoms with Crippen molar-refractivity contribution in [3.05, 3.63) is 59.9 Å². The number of aryl methyl sites for hydroxylation is 1. The Bertz CT molecular complexity index is 1330. The maximum atomic E-state index is 13.8. The van der Waals surface area contributed by atoms with Crippen LogP contribution in [0.1, 0.15) is 70.4 Å². The highest BCUT2D eigenvalue weighted by Gasteiger charge is 2.51. The second-order valence-electron chi connectivity index (χ2n) is 12.8. The number of fused-ring (bicyclic) bond motifs is 1. The van der Waals surface area contributed by atoms with Crippen molar-refractivity contribution in [1.82, 2.24) is 15.3 Å². The van der Waals surface area contributed by atoms with Crippen LogP contribution in [0.25, 0.3) is 11.0 Å². The molecule has 7 nitrogen and oxygen atoms in total. The molecule has 2 saturated carbocycles. The van der Waals surface area contributed by atoms with Crippen LogP contribution in [0, 0.1) is 30.1 Å². The number of rotatable bonds is 9. The lowest BCUT2D eigenvalue weighted by Crippen LogP contribution is -2.50. The Morgan fingerprint density at radius 1 is 1.10 bits per heavy atom. The quantitative estimate of drug-likeness (QED) is 0.295. The highest BCUT2D eigenvalue weighted by Crippen LogP contribution is 2.49. The number of aromatic nitrogens is 2. The number of nitrogens with one attached hydrogen (secondary N) is 3. The fourth-order valence-corrected chi connectivity index (χ4v) is 6.79. The molecule has 3 aromatic rings. The number of aromatic amines is 1. The number of pyridine rings is 1.